The first kappa shape index (κ1) is 18.6. The van der Waals surface area contributed by atoms with Crippen molar-refractivity contribution in [1.82, 2.24) is 0 Å². The molecular formula is C26H21NO3S. The van der Waals surface area contributed by atoms with E-state index in [9.17, 15) is 4.79 Å². The number of aryl methyl sites for hydroxylation is 1. The van der Waals surface area contributed by atoms with E-state index in [1.807, 2.05) is 12.1 Å². The van der Waals surface area contributed by atoms with Crippen LogP contribution in [-0.4, -0.2) is 26.3 Å². The molecule has 31 heavy (non-hydrogen) atoms. The summed E-state index contributed by atoms with van der Waals surface area (Å²) >= 11 is 1.80. The lowest BCUT2D eigenvalue weighted by molar-refractivity contribution is 0.121. The summed E-state index contributed by atoms with van der Waals surface area (Å²) in [5.41, 5.74) is 3.96. The average molecular weight is 428 g/mol. The maximum Gasteiger partial charge on any atom is 0.200 e. The summed E-state index contributed by atoms with van der Waals surface area (Å²) in [7, 11) is 0. The highest BCUT2D eigenvalue weighted by Gasteiger charge is 2.19. The third kappa shape index (κ3) is 2.96. The van der Waals surface area contributed by atoms with Gasteiger partial charge in [-0.2, -0.15) is 0 Å². The fraction of sp³-hybridized carbons (Fsp3) is 0.192. The van der Waals surface area contributed by atoms with Gasteiger partial charge in [-0.05, 0) is 24.6 Å². The first-order valence-electron chi connectivity index (χ1n) is 10.5. The van der Waals surface area contributed by atoms with E-state index in [0.717, 1.165) is 24.2 Å². The van der Waals surface area contributed by atoms with Crippen molar-refractivity contribution in [3.63, 3.8) is 0 Å². The lowest BCUT2D eigenvalue weighted by Crippen LogP contribution is -2.36. The Morgan fingerprint density at radius 1 is 0.903 bits per heavy atom. The van der Waals surface area contributed by atoms with Crippen LogP contribution in [0.5, 0.6) is 0 Å². The molecule has 0 unspecified atom stereocenters. The second-order valence-electron chi connectivity index (χ2n) is 7.96. The molecule has 6 rings (SSSR count). The lowest BCUT2D eigenvalue weighted by atomic mass is 9.98. The summed E-state index contributed by atoms with van der Waals surface area (Å²) in [5, 5.41) is 3.17. The molecule has 0 aliphatic carbocycles. The Bertz CT molecular complexity index is 1510. The van der Waals surface area contributed by atoms with Gasteiger partial charge in [0.05, 0.1) is 18.6 Å². The topological polar surface area (TPSA) is 42.7 Å². The molecule has 5 aromatic rings. The number of hydrogen-bond donors (Lipinski definition) is 0. The zero-order valence-corrected chi connectivity index (χ0v) is 18.0. The lowest BCUT2D eigenvalue weighted by Gasteiger charge is -2.27. The molecule has 0 saturated carbocycles. The summed E-state index contributed by atoms with van der Waals surface area (Å²) in [6.45, 7) is 4.89. The van der Waals surface area contributed by atoms with Crippen LogP contribution in [0.3, 0.4) is 0 Å². The Hall–Kier alpha value is -3.15. The third-order valence-corrected chi connectivity index (χ3v) is 7.29. The van der Waals surface area contributed by atoms with Gasteiger partial charge in [0.15, 0.2) is 11.3 Å². The van der Waals surface area contributed by atoms with Gasteiger partial charge in [0.25, 0.3) is 0 Å². The summed E-state index contributed by atoms with van der Waals surface area (Å²) in [6, 6.07) is 20.3. The van der Waals surface area contributed by atoms with Gasteiger partial charge in [-0.1, -0.05) is 42.5 Å². The molecule has 0 spiro atoms. The van der Waals surface area contributed by atoms with E-state index in [1.165, 1.54) is 25.7 Å². The Morgan fingerprint density at radius 2 is 1.71 bits per heavy atom. The van der Waals surface area contributed by atoms with Crippen molar-refractivity contribution in [2.24, 2.45) is 0 Å². The van der Waals surface area contributed by atoms with Crippen LogP contribution in [-0.2, 0) is 4.74 Å². The van der Waals surface area contributed by atoms with Gasteiger partial charge in [-0.15, -0.1) is 11.3 Å². The van der Waals surface area contributed by atoms with Crippen molar-refractivity contribution in [2.45, 2.75) is 6.92 Å². The Labute approximate surface area is 183 Å². The summed E-state index contributed by atoms with van der Waals surface area (Å²) in [5.74, 6) is 0.618. The summed E-state index contributed by atoms with van der Waals surface area (Å²) in [4.78, 5) is 15.1. The maximum atomic E-state index is 13.0. The largest absolute Gasteiger partial charge is 0.440 e. The normalized spacial score (nSPS) is 14.7. The SMILES string of the molecule is Cc1ccc(-c2cccc3c(=O)cc(N4CCOCC4)oc23)c2sc3ccccc3c12. The van der Waals surface area contributed by atoms with Gasteiger partial charge in [0.2, 0.25) is 0 Å². The maximum absolute atomic E-state index is 13.0. The van der Waals surface area contributed by atoms with Crippen LogP contribution in [0.25, 0.3) is 42.3 Å². The van der Waals surface area contributed by atoms with Gasteiger partial charge in [-0.25, -0.2) is 0 Å². The fourth-order valence-electron chi connectivity index (χ4n) is 4.52. The second kappa shape index (κ2) is 7.22. The van der Waals surface area contributed by atoms with Gasteiger partial charge >= 0.3 is 0 Å². The molecule has 154 valence electrons. The number of benzene rings is 3. The number of para-hydroxylation sites is 1. The van der Waals surface area contributed by atoms with Crippen LogP contribution in [0.1, 0.15) is 5.56 Å². The van der Waals surface area contributed by atoms with Crippen molar-refractivity contribution in [3.8, 4) is 11.1 Å². The van der Waals surface area contributed by atoms with Crippen molar-refractivity contribution in [1.29, 1.82) is 0 Å². The first-order valence-corrected chi connectivity index (χ1v) is 11.3. The average Bonchev–Trinajstić information content (AvgIpc) is 3.20. The zero-order valence-electron chi connectivity index (χ0n) is 17.2. The molecule has 1 aliphatic rings. The monoisotopic (exact) mass is 427 g/mol. The quantitative estimate of drug-likeness (QED) is 0.348. The predicted octanol–water partition coefficient (Wildman–Crippen LogP) is 5.97. The molecule has 1 saturated heterocycles. The molecule has 3 aromatic carbocycles. The zero-order chi connectivity index (χ0) is 20.9. The van der Waals surface area contributed by atoms with Crippen LogP contribution < -0.4 is 10.3 Å². The highest BCUT2D eigenvalue weighted by Crippen LogP contribution is 2.43. The minimum atomic E-state index is -0.00992. The predicted molar refractivity (Wildman–Crippen MR) is 129 cm³/mol. The van der Waals surface area contributed by atoms with Gasteiger partial charge in [0, 0.05) is 50.5 Å². The minimum absolute atomic E-state index is 0.00992. The fourth-order valence-corrected chi connectivity index (χ4v) is 5.83. The minimum Gasteiger partial charge on any atom is -0.440 e. The van der Waals surface area contributed by atoms with Crippen molar-refractivity contribution < 1.29 is 9.15 Å². The molecule has 0 bridgehead atoms. The van der Waals surface area contributed by atoms with E-state index in [1.54, 1.807) is 17.4 Å². The third-order valence-electron chi connectivity index (χ3n) is 6.09. The van der Waals surface area contributed by atoms with E-state index in [-0.39, 0.29) is 5.43 Å². The molecule has 0 N–H and O–H groups in total. The molecule has 0 atom stereocenters. The highest BCUT2D eigenvalue weighted by molar-refractivity contribution is 7.26. The molecule has 1 fully saturated rings. The molecule has 1 aliphatic heterocycles. The van der Waals surface area contributed by atoms with Crippen molar-refractivity contribution >= 4 is 48.4 Å². The number of morpholine rings is 1. The highest BCUT2D eigenvalue weighted by atomic mass is 32.1. The molecule has 3 heterocycles. The molecule has 2 aromatic heterocycles. The number of nitrogens with zero attached hydrogens (tertiary/aromatic N) is 1. The molecule has 4 nitrogen and oxygen atoms in total. The Kier molecular flexibility index (Phi) is 4.33. The van der Waals surface area contributed by atoms with E-state index in [4.69, 9.17) is 9.15 Å². The molecule has 0 radical (unpaired) electrons. The first-order chi connectivity index (χ1) is 15.2. The molecule has 0 amide bonds. The summed E-state index contributed by atoms with van der Waals surface area (Å²) < 4.78 is 14.4. The van der Waals surface area contributed by atoms with Crippen LogP contribution in [0.2, 0.25) is 0 Å². The van der Waals surface area contributed by atoms with Gasteiger partial charge < -0.3 is 14.1 Å². The van der Waals surface area contributed by atoms with E-state index in [2.05, 4.69) is 54.3 Å². The molecule has 5 heteroatoms. The van der Waals surface area contributed by atoms with Crippen LogP contribution in [0.4, 0.5) is 5.88 Å². The van der Waals surface area contributed by atoms with Crippen LogP contribution in [0, 0.1) is 6.92 Å². The number of thiophene rings is 1. The van der Waals surface area contributed by atoms with Gasteiger partial charge in [0.1, 0.15) is 5.58 Å². The standard InChI is InChI=1S/C26H21NO3S/c1-16-9-10-18(26-24(16)20-5-2-3-8-22(20)31-26)17-6-4-7-19-21(28)15-23(30-25(17)19)27-11-13-29-14-12-27/h2-10,15H,11-14H2,1H3. The van der Waals surface area contributed by atoms with Gasteiger partial charge in [-0.3, -0.25) is 4.79 Å². The number of ether oxygens (including phenoxy) is 1. The number of fused-ring (bicyclic) bond motifs is 4. The number of hydrogen-bond acceptors (Lipinski definition) is 5. The molecular weight excluding hydrogens is 406 g/mol. The van der Waals surface area contributed by atoms with Crippen LogP contribution >= 0.6 is 11.3 Å². The van der Waals surface area contributed by atoms with E-state index < -0.39 is 0 Å². The van der Waals surface area contributed by atoms with Crippen molar-refractivity contribution in [2.75, 3.05) is 31.2 Å². The summed E-state index contributed by atoms with van der Waals surface area (Å²) in [6.07, 6.45) is 0. The Balaban J connectivity index is 1.65. The smallest absolute Gasteiger partial charge is 0.200 e. The van der Waals surface area contributed by atoms with E-state index in [0.29, 0.717) is 30.1 Å². The number of rotatable bonds is 2. The van der Waals surface area contributed by atoms with E-state index >= 15 is 0 Å². The number of anilines is 1. The second-order valence-corrected chi connectivity index (χ2v) is 9.02. The van der Waals surface area contributed by atoms with Crippen LogP contribution in [0.15, 0.2) is 69.9 Å². The van der Waals surface area contributed by atoms with Crippen molar-refractivity contribution in [3.05, 3.63) is 76.5 Å². The Morgan fingerprint density at radius 3 is 2.58 bits per heavy atom.